The third-order valence-corrected chi connectivity index (χ3v) is 4.21. The quantitative estimate of drug-likeness (QED) is 0.784. The Bertz CT molecular complexity index is 516. The fourth-order valence-electron chi connectivity index (χ4n) is 2.35. The number of rotatable bonds is 8. The van der Waals surface area contributed by atoms with Crippen molar-refractivity contribution in [2.24, 2.45) is 0 Å². The number of hydrogen-bond donors (Lipinski definition) is 1. The van der Waals surface area contributed by atoms with E-state index in [9.17, 15) is 9.59 Å². The van der Waals surface area contributed by atoms with Crippen LogP contribution in [0.25, 0.3) is 0 Å². The summed E-state index contributed by atoms with van der Waals surface area (Å²) in [5.74, 6) is -0.108. The molecule has 1 rings (SSSR count). The van der Waals surface area contributed by atoms with Gasteiger partial charge in [-0.3, -0.25) is 9.59 Å². The van der Waals surface area contributed by atoms with E-state index in [1.807, 2.05) is 39.8 Å². The SMILES string of the molecule is CCC(=O)N(Cc1ccc(Cl)cc1)[C@H](CC)C(=O)N[C@@H](C)CC. The molecule has 1 aromatic carbocycles. The van der Waals surface area contributed by atoms with E-state index in [-0.39, 0.29) is 17.9 Å². The summed E-state index contributed by atoms with van der Waals surface area (Å²) in [4.78, 5) is 26.6. The van der Waals surface area contributed by atoms with Crippen molar-refractivity contribution in [2.45, 2.75) is 65.6 Å². The highest BCUT2D eigenvalue weighted by Crippen LogP contribution is 2.16. The highest BCUT2D eigenvalue weighted by Gasteiger charge is 2.28. The van der Waals surface area contributed by atoms with Crippen LogP contribution >= 0.6 is 11.6 Å². The Hall–Kier alpha value is -1.55. The Balaban J connectivity index is 2.95. The monoisotopic (exact) mass is 338 g/mol. The molecular formula is C18H27ClN2O2. The molecule has 5 heteroatoms. The Labute approximate surface area is 144 Å². The largest absolute Gasteiger partial charge is 0.352 e. The number of hydrogen-bond acceptors (Lipinski definition) is 2. The van der Waals surface area contributed by atoms with Crippen molar-refractivity contribution in [1.82, 2.24) is 10.2 Å². The van der Waals surface area contributed by atoms with Crippen molar-refractivity contribution in [3.8, 4) is 0 Å². The molecule has 1 aromatic rings. The van der Waals surface area contributed by atoms with Crippen LogP contribution in [-0.4, -0.2) is 28.8 Å². The molecule has 0 aliphatic carbocycles. The maximum Gasteiger partial charge on any atom is 0.243 e. The lowest BCUT2D eigenvalue weighted by Gasteiger charge is -2.31. The highest BCUT2D eigenvalue weighted by atomic mass is 35.5. The molecule has 0 heterocycles. The van der Waals surface area contributed by atoms with Gasteiger partial charge in [-0.15, -0.1) is 0 Å². The first-order valence-electron chi connectivity index (χ1n) is 8.27. The van der Waals surface area contributed by atoms with Crippen molar-refractivity contribution >= 4 is 23.4 Å². The standard InChI is InChI=1S/C18H27ClN2O2/c1-5-13(4)20-18(23)16(6-2)21(17(22)7-3)12-14-8-10-15(19)11-9-14/h8-11,13,16H,5-7,12H2,1-4H3,(H,20,23)/t13-,16+/m0/s1. The topological polar surface area (TPSA) is 49.4 Å². The summed E-state index contributed by atoms with van der Waals surface area (Å²) in [7, 11) is 0. The van der Waals surface area contributed by atoms with Gasteiger partial charge in [-0.05, 0) is 37.5 Å². The molecule has 0 spiro atoms. The van der Waals surface area contributed by atoms with Crippen LogP contribution in [0.2, 0.25) is 5.02 Å². The van der Waals surface area contributed by atoms with Crippen LogP contribution in [-0.2, 0) is 16.1 Å². The summed E-state index contributed by atoms with van der Waals surface area (Å²) in [5, 5.41) is 3.64. The molecule has 0 radical (unpaired) electrons. The molecule has 0 saturated heterocycles. The van der Waals surface area contributed by atoms with E-state index >= 15 is 0 Å². The van der Waals surface area contributed by atoms with E-state index in [0.29, 0.717) is 24.4 Å². The molecule has 23 heavy (non-hydrogen) atoms. The van der Waals surface area contributed by atoms with Crippen LogP contribution in [0.15, 0.2) is 24.3 Å². The number of nitrogens with one attached hydrogen (secondary N) is 1. The fourth-order valence-corrected chi connectivity index (χ4v) is 2.48. The van der Waals surface area contributed by atoms with Crippen LogP contribution in [0, 0.1) is 0 Å². The lowest BCUT2D eigenvalue weighted by atomic mass is 10.1. The van der Waals surface area contributed by atoms with Gasteiger partial charge in [-0.25, -0.2) is 0 Å². The smallest absolute Gasteiger partial charge is 0.243 e. The van der Waals surface area contributed by atoms with Crippen molar-refractivity contribution in [1.29, 1.82) is 0 Å². The average Bonchev–Trinajstić information content (AvgIpc) is 2.55. The fraction of sp³-hybridized carbons (Fsp3) is 0.556. The normalized spacial score (nSPS) is 13.3. The molecule has 0 aliphatic rings. The number of nitrogens with zero attached hydrogens (tertiary/aromatic N) is 1. The molecule has 4 nitrogen and oxygen atoms in total. The maximum absolute atomic E-state index is 12.5. The predicted molar refractivity (Wildman–Crippen MR) is 94.3 cm³/mol. The van der Waals surface area contributed by atoms with E-state index in [1.165, 1.54) is 0 Å². The van der Waals surface area contributed by atoms with Gasteiger partial charge in [-0.1, -0.05) is 44.5 Å². The van der Waals surface area contributed by atoms with Crippen LogP contribution in [0.4, 0.5) is 0 Å². The molecule has 1 N–H and O–H groups in total. The second kappa shape index (κ2) is 9.56. The Kier molecular flexibility index (Phi) is 8.10. The Morgan fingerprint density at radius 2 is 1.74 bits per heavy atom. The molecule has 0 fully saturated rings. The summed E-state index contributed by atoms with van der Waals surface area (Å²) in [5.41, 5.74) is 0.964. The third kappa shape index (κ3) is 5.87. The molecule has 0 aromatic heterocycles. The van der Waals surface area contributed by atoms with Crippen molar-refractivity contribution < 1.29 is 9.59 Å². The second-order valence-corrected chi connectivity index (χ2v) is 6.18. The zero-order valence-electron chi connectivity index (χ0n) is 14.4. The lowest BCUT2D eigenvalue weighted by molar-refractivity contribution is -0.141. The van der Waals surface area contributed by atoms with Crippen molar-refractivity contribution in [3.63, 3.8) is 0 Å². The first kappa shape index (κ1) is 19.5. The van der Waals surface area contributed by atoms with E-state index in [1.54, 1.807) is 17.0 Å². The zero-order chi connectivity index (χ0) is 17.4. The number of benzene rings is 1. The van der Waals surface area contributed by atoms with E-state index in [2.05, 4.69) is 5.32 Å². The minimum atomic E-state index is -0.452. The van der Waals surface area contributed by atoms with Gasteiger partial charge in [0, 0.05) is 24.0 Å². The van der Waals surface area contributed by atoms with Gasteiger partial charge < -0.3 is 10.2 Å². The van der Waals surface area contributed by atoms with Crippen molar-refractivity contribution in [2.75, 3.05) is 0 Å². The number of amides is 2. The number of carbonyl (C=O) groups excluding carboxylic acids is 2. The first-order chi connectivity index (χ1) is 10.9. The van der Waals surface area contributed by atoms with Gasteiger partial charge in [0.05, 0.1) is 0 Å². The molecule has 0 aliphatic heterocycles. The number of carbonyl (C=O) groups is 2. The van der Waals surface area contributed by atoms with Gasteiger partial charge in [-0.2, -0.15) is 0 Å². The first-order valence-corrected chi connectivity index (χ1v) is 8.64. The van der Waals surface area contributed by atoms with E-state index in [4.69, 9.17) is 11.6 Å². The summed E-state index contributed by atoms with van der Waals surface area (Å²) in [6.45, 7) is 8.15. The number of halogens is 1. The van der Waals surface area contributed by atoms with Gasteiger partial charge in [0.15, 0.2) is 0 Å². The highest BCUT2D eigenvalue weighted by molar-refractivity contribution is 6.30. The third-order valence-electron chi connectivity index (χ3n) is 3.96. The molecule has 0 unspecified atom stereocenters. The van der Waals surface area contributed by atoms with Gasteiger partial charge in [0.1, 0.15) is 6.04 Å². The molecule has 128 valence electrons. The van der Waals surface area contributed by atoms with Gasteiger partial charge in [0.2, 0.25) is 11.8 Å². The maximum atomic E-state index is 12.5. The Morgan fingerprint density at radius 3 is 2.22 bits per heavy atom. The minimum Gasteiger partial charge on any atom is -0.352 e. The van der Waals surface area contributed by atoms with Crippen molar-refractivity contribution in [3.05, 3.63) is 34.9 Å². The van der Waals surface area contributed by atoms with E-state index < -0.39 is 6.04 Å². The lowest BCUT2D eigenvalue weighted by Crippen LogP contribution is -2.50. The average molecular weight is 339 g/mol. The summed E-state index contributed by atoms with van der Waals surface area (Å²) in [6.07, 6.45) is 1.82. The minimum absolute atomic E-state index is 0.0221. The molecule has 2 atom stereocenters. The second-order valence-electron chi connectivity index (χ2n) is 5.74. The zero-order valence-corrected chi connectivity index (χ0v) is 15.2. The summed E-state index contributed by atoms with van der Waals surface area (Å²) >= 11 is 5.91. The van der Waals surface area contributed by atoms with E-state index in [0.717, 1.165) is 12.0 Å². The van der Waals surface area contributed by atoms with Crippen LogP contribution in [0.1, 0.15) is 52.5 Å². The van der Waals surface area contributed by atoms with Gasteiger partial charge in [0.25, 0.3) is 0 Å². The van der Waals surface area contributed by atoms with Gasteiger partial charge >= 0.3 is 0 Å². The van der Waals surface area contributed by atoms with Crippen LogP contribution in [0.3, 0.4) is 0 Å². The summed E-state index contributed by atoms with van der Waals surface area (Å²) < 4.78 is 0. The molecular weight excluding hydrogens is 312 g/mol. The van der Waals surface area contributed by atoms with Crippen LogP contribution in [0.5, 0.6) is 0 Å². The Morgan fingerprint density at radius 1 is 1.13 bits per heavy atom. The molecule has 0 bridgehead atoms. The van der Waals surface area contributed by atoms with Crippen LogP contribution < -0.4 is 5.32 Å². The molecule has 0 saturated carbocycles. The molecule has 2 amide bonds. The summed E-state index contributed by atoms with van der Waals surface area (Å²) in [6, 6.07) is 7.02. The predicted octanol–water partition coefficient (Wildman–Crippen LogP) is 3.77.